The fourth-order valence-electron chi connectivity index (χ4n) is 5.63. The van der Waals surface area contributed by atoms with E-state index in [-0.39, 0.29) is 30.0 Å². The van der Waals surface area contributed by atoms with Crippen molar-refractivity contribution in [2.45, 2.75) is 57.8 Å². The van der Waals surface area contributed by atoms with Gasteiger partial charge in [0.1, 0.15) is 17.2 Å². The average molecular weight is 529 g/mol. The third-order valence-electron chi connectivity index (χ3n) is 7.42. The fraction of sp³-hybridized carbons (Fsp3) is 0.367. The molecule has 0 spiro atoms. The van der Waals surface area contributed by atoms with Crippen LogP contribution in [0.4, 0.5) is 20.8 Å². The van der Waals surface area contributed by atoms with Crippen molar-refractivity contribution in [3.05, 3.63) is 78.2 Å². The molecule has 2 aromatic heterocycles. The third-order valence-corrected chi connectivity index (χ3v) is 7.42. The number of nitrogens with one attached hydrogen (secondary N) is 1. The molecule has 3 atom stereocenters. The first kappa shape index (κ1) is 25.2. The Bertz CT molecular complexity index is 1520. The van der Waals surface area contributed by atoms with Gasteiger partial charge in [-0.1, -0.05) is 30.3 Å². The van der Waals surface area contributed by atoms with Crippen LogP contribution >= 0.6 is 0 Å². The lowest BCUT2D eigenvalue weighted by molar-refractivity contribution is 0.0214. The number of ether oxygens (including phenoxy) is 1. The number of aromatic nitrogens is 3. The lowest BCUT2D eigenvalue weighted by atomic mass is 10.1. The van der Waals surface area contributed by atoms with Crippen LogP contribution in [0.3, 0.4) is 0 Å². The molecule has 2 aliphatic rings. The van der Waals surface area contributed by atoms with Crippen molar-refractivity contribution in [3.63, 3.8) is 0 Å². The van der Waals surface area contributed by atoms with Gasteiger partial charge in [-0.3, -0.25) is 0 Å². The zero-order valence-corrected chi connectivity index (χ0v) is 22.6. The smallest absolute Gasteiger partial charge is 0.410 e. The van der Waals surface area contributed by atoms with Gasteiger partial charge in [-0.25, -0.2) is 18.9 Å². The summed E-state index contributed by atoms with van der Waals surface area (Å²) in [5.41, 5.74) is 2.09. The maximum atomic E-state index is 14.4. The molecule has 9 heteroatoms. The normalized spacial score (nSPS) is 19.5. The number of carbonyl (C=O) groups is 1. The quantitative estimate of drug-likeness (QED) is 0.346. The fourth-order valence-corrected chi connectivity index (χ4v) is 5.63. The molecule has 2 fully saturated rings. The van der Waals surface area contributed by atoms with Crippen molar-refractivity contribution < 1.29 is 13.9 Å². The summed E-state index contributed by atoms with van der Waals surface area (Å²) in [5, 5.41) is 9.32. The Kier molecular flexibility index (Phi) is 6.16. The lowest BCUT2D eigenvalue weighted by Gasteiger charge is -2.35. The summed E-state index contributed by atoms with van der Waals surface area (Å²) in [4.78, 5) is 21.3. The van der Waals surface area contributed by atoms with Crippen molar-refractivity contribution in [1.29, 1.82) is 0 Å². The van der Waals surface area contributed by atoms with E-state index in [4.69, 9.17) is 9.84 Å². The van der Waals surface area contributed by atoms with Crippen LogP contribution in [0.5, 0.6) is 0 Å². The van der Waals surface area contributed by atoms with Crippen molar-refractivity contribution in [3.8, 4) is 5.69 Å². The number of pyridine rings is 1. The number of hydrogen-bond acceptors (Lipinski definition) is 6. The summed E-state index contributed by atoms with van der Waals surface area (Å²) in [6.45, 7) is 8.97. The summed E-state index contributed by atoms with van der Waals surface area (Å²) < 4.78 is 21.9. The highest BCUT2D eigenvalue weighted by Gasteiger charge is 2.47. The van der Waals surface area contributed by atoms with Gasteiger partial charge >= 0.3 is 6.09 Å². The number of benzene rings is 2. The number of likely N-dealkylation sites (tertiary alicyclic amines) is 1. The largest absolute Gasteiger partial charge is 0.444 e. The molecule has 1 N–H and O–H groups in total. The van der Waals surface area contributed by atoms with Gasteiger partial charge in [0.25, 0.3) is 0 Å². The van der Waals surface area contributed by atoms with Gasteiger partial charge in [-0.15, -0.1) is 5.10 Å². The van der Waals surface area contributed by atoms with Gasteiger partial charge in [0.15, 0.2) is 5.82 Å². The average Bonchev–Trinajstić information content (AvgIpc) is 3.61. The molecule has 2 aliphatic heterocycles. The first-order valence-electron chi connectivity index (χ1n) is 13.4. The van der Waals surface area contributed by atoms with Gasteiger partial charge in [-0.2, -0.15) is 0 Å². The molecule has 1 amide bonds. The molecule has 0 saturated carbocycles. The molecular weight excluding hydrogens is 495 g/mol. The first-order valence-corrected chi connectivity index (χ1v) is 13.4. The molecule has 3 unspecified atom stereocenters. The number of hydrogen-bond donors (Lipinski definition) is 1. The molecule has 8 nitrogen and oxygen atoms in total. The van der Waals surface area contributed by atoms with E-state index in [9.17, 15) is 9.18 Å². The Balaban J connectivity index is 1.29. The van der Waals surface area contributed by atoms with E-state index in [1.165, 1.54) is 12.1 Å². The zero-order valence-electron chi connectivity index (χ0n) is 22.6. The lowest BCUT2D eigenvalue weighted by Crippen LogP contribution is -2.50. The number of amides is 1. The molecule has 4 heterocycles. The minimum Gasteiger partial charge on any atom is -0.444 e. The van der Waals surface area contributed by atoms with E-state index in [0.29, 0.717) is 24.4 Å². The molecule has 2 saturated heterocycles. The third kappa shape index (κ3) is 4.89. The van der Waals surface area contributed by atoms with Gasteiger partial charge in [-0.05, 0) is 57.9 Å². The molecule has 4 aromatic rings. The molecule has 202 valence electrons. The maximum Gasteiger partial charge on any atom is 0.410 e. The Morgan fingerprint density at radius 1 is 1.08 bits per heavy atom. The van der Waals surface area contributed by atoms with Crippen LogP contribution in [-0.2, 0) is 4.74 Å². The van der Waals surface area contributed by atoms with Crippen molar-refractivity contribution in [1.82, 2.24) is 19.7 Å². The Morgan fingerprint density at radius 2 is 1.87 bits per heavy atom. The van der Waals surface area contributed by atoms with E-state index in [2.05, 4.69) is 34.3 Å². The predicted molar refractivity (Wildman–Crippen MR) is 150 cm³/mol. The van der Waals surface area contributed by atoms with Gasteiger partial charge < -0.3 is 19.9 Å². The summed E-state index contributed by atoms with van der Waals surface area (Å²) in [6, 6.07) is 19.0. The van der Waals surface area contributed by atoms with Crippen LogP contribution < -0.4 is 10.2 Å². The van der Waals surface area contributed by atoms with E-state index in [0.717, 1.165) is 28.9 Å². The Hall–Kier alpha value is -4.14. The van der Waals surface area contributed by atoms with Gasteiger partial charge in [0, 0.05) is 42.8 Å². The monoisotopic (exact) mass is 528 g/mol. The SMILES string of the molecule is CC(Nc1cc(-n2nc(N3CC4CC3CN4C(=O)OC(C)(C)C)c3ccc(F)cc32)ccn1)c1ccccc1. The number of nitrogens with zero attached hydrogens (tertiary/aromatic N) is 5. The number of rotatable bonds is 5. The second-order valence-electron chi connectivity index (χ2n) is 11.4. The molecular formula is C30H33FN6O2. The molecule has 0 aliphatic carbocycles. The number of carbonyl (C=O) groups excluding carboxylic acids is 1. The molecule has 2 bridgehead atoms. The van der Waals surface area contributed by atoms with Crippen LogP contribution in [0.15, 0.2) is 66.9 Å². The van der Waals surface area contributed by atoms with Crippen LogP contribution in [0, 0.1) is 5.82 Å². The summed E-state index contributed by atoms with van der Waals surface area (Å²) in [7, 11) is 0. The summed E-state index contributed by atoms with van der Waals surface area (Å²) in [6.07, 6.45) is 2.32. The standard InChI is InChI=1S/C30H33FN6O2/c1-19(20-8-6-5-7-9-20)33-27-16-22(12-13-32-27)37-26-14-21(31)10-11-25(26)28(34-37)35-17-24-15-23(35)18-36(24)29(38)39-30(2,3)4/h5-14,16,19,23-24H,15,17-18H2,1-4H3,(H,32,33). The highest BCUT2D eigenvalue weighted by molar-refractivity contribution is 5.92. The van der Waals surface area contributed by atoms with Crippen molar-refractivity contribution in [2.24, 2.45) is 0 Å². The first-order chi connectivity index (χ1) is 18.7. The number of piperazine rings is 1. The van der Waals surface area contributed by atoms with E-state index in [1.54, 1.807) is 16.9 Å². The second kappa shape index (κ2) is 9.55. The zero-order chi connectivity index (χ0) is 27.3. The highest BCUT2D eigenvalue weighted by Crippen LogP contribution is 2.39. The minimum absolute atomic E-state index is 0.0571. The van der Waals surface area contributed by atoms with Crippen LogP contribution in [0.2, 0.25) is 0 Å². The second-order valence-corrected chi connectivity index (χ2v) is 11.4. The number of anilines is 2. The Labute approximate surface area is 227 Å². The molecule has 2 aromatic carbocycles. The van der Waals surface area contributed by atoms with Crippen LogP contribution in [0.25, 0.3) is 16.6 Å². The van der Waals surface area contributed by atoms with Crippen LogP contribution in [0.1, 0.15) is 45.7 Å². The summed E-state index contributed by atoms with van der Waals surface area (Å²) in [5.74, 6) is 1.18. The predicted octanol–water partition coefficient (Wildman–Crippen LogP) is 5.93. The van der Waals surface area contributed by atoms with E-state index in [1.807, 2.05) is 56.0 Å². The topological polar surface area (TPSA) is 75.5 Å². The minimum atomic E-state index is -0.533. The maximum absolute atomic E-state index is 14.4. The Morgan fingerprint density at radius 3 is 2.59 bits per heavy atom. The number of fused-ring (bicyclic) bond motifs is 3. The van der Waals surface area contributed by atoms with E-state index < -0.39 is 5.60 Å². The molecule has 0 radical (unpaired) electrons. The highest BCUT2D eigenvalue weighted by atomic mass is 19.1. The van der Waals surface area contributed by atoms with E-state index >= 15 is 0 Å². The van der Waals surface area contributed by atoms with Crippen molar-refractivity contribution >= 4 is 28.6 Å². The summed E-state index contributed by atoms with van der Waals surface area (Å²) >= 11 is 0. The van der Waals surface area contributed by atoms with Gasteiger partial charge in [0.2, 0.25) is 0 Å². The van der Waals surface area contributed by atoms with Crippen molar-refractivity contribution in [2.75, 3.05) is 23.3 Å². The number of halogens is 1. The van der Waals surface area contributed by atoms with Gasteiger partial charge in [0.05, 0.1) is 23.3 Å². The van der Waals surface area contributed by atoms with Crippen LogP contribution in [-0.4, -0.2) is 56.5 Å². The molecule has 39 heavy (non-hydrogen) atoms. The molecule has 6 rings (SSSR count).